The summed E-state index contributed by atoms with van der Waals surface area (Å²) in [5, 5.41) is 8.51. The second-order valence-electron chi connectivity index (χ2n) is 2.64. The van der Waals surface area contributed by atoms with Crippen molar-refractivity contribution in [1.82, 2.24) is 0 Å². The van der Waals surface area contributed by atoms with Crippen LogP contribution in [0.25, 0.3) is 0 Å². The molecule has 0 saturated heterocycles. The molecule has 0 fully saturated rings. The molecule has 0 bridgehead atoms. The first-order valence-corrected chi connectivity index (χ1v) is 4.66. The average Bonchev–Trinajstić information content (AvgIpc) is 2.02. The van der Waals surface area contributed by atoms with E-state index in [-0.39, 0.29) is 16.7 Å². The van der Waals surface area contributed by atoms with Gasteiger partial charge in [-0.05, 0) is 12.3 Å². The highest BCUT2D eigenvalue weighted by Crippen LogP contribution is 2.15. The molecule has 0 heterocycles. The lowest BCUT2D eigenvalue weighted by molar-refractivity contribution is -0.141. The molecule has 12 heavy (non-hydrogen) atoms. The van der Waals surface area contributed by atoms with Crippen molar-refractivity contribution in [2.45, 2.75) is 25.1 Å². The molecule has 0 saturated carbocycles. The number of halogens is 1. The average molecular weight is 234 g/mol. The number of carbonyl (C=O) groups excluding carboxylic acids is 1. The zero-order valence-corrected chi connectivity index (χ0v) is 8.80. The maximum absolute atomic E-state index is 10.4. The van der Waals surface area contributed by atoms with Crippen LogP contribution in [-0.4, -0.2) is 17.4 Å². The molecule has 0 aromatic heterocycles. The Labute approximate surface area is 80.8 Å². The molecule has 0 aromatic rings. The Morgan fingerprint density at radius 1 is 1.75 bits per heavy atom. The smallest absolute Gasteiger partial charge is 0.302 e. The van der Waals surface area contributed by atoms with Gasteiger partial charge in [0.1, 0.15) is 4.83 Å². The van der Waals surface area contributed by atoms with E-state index in [1.165, 1.54) is 6.92 Å². The van der Waals surface area contributed by atoms with Crippen LogP contribution >= 0.6 is 15.9 Å². The van der Waals surface area contributed by atoms with E-state index >= 15 is 0 Å². The number of carbonyl (C=O) groups is 1. The number of nitrogens with zero attached hydrogens (tertiary/aromatic N) is 1. The van der Waals surface area contributed by atoms with Gasteiger partial charge in [-0.15, -0.1) is 0 Å². The minimum atomic E-state index is -0.273. The number of hydrogen-bond acceptors (Lipinski definition) is 3. The van der Waals surface area contributed by atoms with Crippen molar-refractivity contribution < 1.29 is 9.53 Å². The van der Waals surface area contributed by atoms with Gasteiger partial charge in [-0.1, -0.05) is 22.9 Å². The fourth-order valence-corrected chi connectivity index (χ4v) is 0.926. The van der Waals surface area contributed by atoms with E-state index < -0.39 is 0 Å². The molecule has 2 unspecified atom stereocenters. The Morgan fingerprint density at radius 3 is 2.75 bits per heavy atom. The summed E-state index contributed by atoms with van der Waals surface area (Å²) < 4.78 is 4.74. The molecule has 0 spiro atoms. The third kappa shape index (κ3) is 5.14. The molecular weight excluding hydrogens is 222 g/mol. The number of esters is 1. The van der Waals surface area contributed by atoms with E-state index in [0.29, 0.717) is 13.0 Å². The van der Waals surface area contributed by atoms with Crippen LogP contribution in [0, 0.1) is 17.2 Å². The molecule has 68 valence electrons. The highest BCUT2D eigenvalue weighted by atomic mass is 79.9. The monoisotopic (exact) mass is 233 g/mol. The van der Waals surface area contributed by atoms with Gasteiger partial charge in [0.25, 0.3) is 0 Å². The molecule has 2 atom stereocenters. The number of ether oxygens (including phenoxy) is 1. The van der Waals surface area contributed by atoms with E-state index in [0.717, 1.165) is 0 Å². The summed E-state index contributed by atoms with van der Waals surface area (Å²) >= 11 is 3.21. The highest BCUT2D eigenvalue weighted by Gasteiger charge is 2.12. The summed E-state index contributed by atoms with van der Waals surface area (Å²) in [6.07, 6.45) is 0.711. The number of hydrogen-bond donors (Lipinski definition) is 0. The molecule has 0 aromatic carbocycles. The van der Waals surface area contributed by atoms with Gasteiger partial charge >= 0.3 is 5.97 Å². The van der Waals surface area contributed by atoms with Crippen LogP contribution in [-0.2, 0) is 9.53 Å². The molecule has 4 heteroatoms. The predicted octanol–water partition coefficient (Wildman–Crippen LogP) is 1.86. The highest BCUT2D eigenvalue weighted by molar-refractivity contribution is 9.09. The van der Waals surface area contributed by atoms with Gasteiger partial charge in [-0.25, -0.2) is 0 Å². The van der Waals surface area contributed by atoms with Crippen LogP contribution in [0.2, 0.25) is 0 Å². The van der Waals surface area contributed by atoms with Crippen molar-refractivity contribution in [1.29, 1.82) is 5.26 Å². The Bertz CT molecular complexity index is 188. The summed E-state index contributed by atoms with van der Waals surface area (Å²) in [6.45, 7) is 3.70. The minimum Gasteiger partial charge on any atom is -0.466 e. The molecule has 3 nitrogen and oxygen atoms in total. The van der Waals surface area contributed by atoms with E-state index in [9.17, 15) is 4.79 Å². The standard InChI is InChI=1S/C8H12BrNO2/c1-6(8(9)5-10)3-4-12-7(2)11/h6,8H,3-4H2,1-2H3. The predicted molar refractivity (Wildman–Crippen MR) is 48.7 cm³/mol. The lowest BCUT2D eigenvalue weighted by atomic mass is 10.1. The van der Waals surface area contributed by atoms with Gasteiger partial charge in [0.15, 0.2) is 0 Å². The van der Waals surface area contributed by atoms with Gasteiger partial charge in [0.05, 0.1) is 12.7 Å². The molecule has 0 rings (SSSR count). The lowest BCUT2D eigenvalue weighted by Crippen LogP contribution is -2.12. The number of alkyl halides is 1. The van der Waals surface area contributed by atoms with Crippen LogP contribution in [0.3, 0.4) is 0 Å². The van der Waals surface area contributed by atoms with Crippen molar-refractivity contribution in [3.8, 4) is 6.07 Å². The first-order chi connectivity index (χ1) is 5.57. The number of nitriles is 1. The maximum Gasteiger partial charge on any atom is 0.302 e. The largest absolute Gasteiger partial charge is 0.466 e. The fraction of sp³-hybridized carbons (Fsp3) is 0.750. The Kier molecular flexibility index (Phi) is 5.73. The normalized spacial score (nSPS) is 14.5. The van der Waals surface area contributed by atoms with Crippen molar-refractivity contribution in [2.75, 3.05) is 6.61 Å². The zero-order valence-electron chi connectivity index (χ0n) is 7.21. The van der Waals surface area contributed by atoms with Crippen molar-refractivity contribution in [3.05, 3.63) is 0 Å². The van der Waals surface area contributed by atoms with Crippen molar-refractivity contribution in [2.24, 2.45) is 5.92 Å². The van der Waals surface area contributed by atoms with Crippen LogP contribution in [0.5, 0.6) is 0 Å². The minimum absolute atomic E-state index is 0.159. The van der Waals surface area contributed by atoms with Gasteiger partial charge in [-0.2, -0.15) is 5.26 Å². The third-order valence-corrected chi connectivity index (χ3v) is 2.61. The Balaban J connectivity index is 3.51. The van der Waals surface area contributed by atoms with Crippen LogP contribution in [0.4, 0.5) is 0 Å². The van der Waals surface area contributed by atoms with E-state index in [1.807, 2.05) is 6.92 Å². The quantitative estimate of drug-likeness (QED) is 0.551. The fourth-order valence-electron chi connectivity index (χ4n) is 0.662. The summed E-state index contributed by atoms with van der Waals surface area (Å²) in [6, 6.07) is 2.08. The summed E-state index contributed by atoms with van der Waals surface area (Å²) in [4.78, 5) is 10.2. The first kappa shape index (κ1) is 11.4. The Morgan fingerprint density at radius 2 is 2.33 bits per heavy atom. The second-order valence-corrected chi connectivity index (χ2v) is 3.62. The molecule has 0 aliphatic carbocycles. The number of rotatable bonds is 4. The molecular formula is C8H12BrNO2. The topological polar surface area (TPSA) is 50.1 Å². The second kappa shape index (κ2) is 6.01. The molecule has 0 amide bonds. The van der Waals surface area contributed by atoms with Gasteiger partial charge in [0, 0.05) is 6.92 Å². The van der Waals surface area contributed by atoms with Crippen molar-refractivity contribution in [3.63, 3.8) is 0 Å². The van der Waals surface area contributed by atoms with Gasteiger partial charge in [0.2, 0.25) is 0 Å². The van der Waals surface area contributed by atoms with E-state index in [4.69, 9.17) is 10.00 Å². The zero-order chi connectivity index (χ0) is 9.56. The van der Waals surface area contributed by atoms with Gasteiger partial charge in [-0.3, -0.25) is 4.79 Å². The summed E-state index contributed by atoms with van der Waals surface area (Å²) in [5.41, 5.74) is 0. The van der Waals surface area contributed by atoms with Crippen LogP contribution in [0.15, 0.2) is 0 Å². The first-order valence-electron chi connectivity index (χ1n) is 3.75. The summed E-state index contributed by atoms with van der Waals surface area (Å²) in [7, 11) is 0. The van der Waals surface area contributed by atoms with Crippen LogP contribution in [0.1, 0.15) is 20.3 Å². The lowest BCUT2D eigenvalue weighted by Gasteiger charge is -2.10. The Hall–Kier alpha value is -0.560. The maximum atomic E-state index is 10.4. The molecule has 0 aliphatic rings. The summed E-state index contributed by atoms with van der Waals surface area (Å²) in [5.74, 6) is -0.0698. The van der Waals surface area contributed by atoms with Gasteiger partial charge < -0.3 is 4.74 Å². The van der Waals surface area contributed by atoms with E-state index in [1.54, 1.807) is 0 Å². The van der Waals surface area contributed by atoms with E-state index in [2.05, 4.69) is 22.0 Å². The molecule has 0 aliphatic heterocycles. The molecule has 0 radical (unpaired) electrons. The SMILES string of the molecule is CC(=O)OCCC(C)C(Br)C#N. The third-order valence-electron chi connectivity index (χ3n) is 1.50. The molecule has 0 N–H and O–H groups in total. The van der Waals surface area contributed by atoms with Crippen molar-refractivity contribution >= 4 is 21.9 Å². The van der Waals surface area contributed by atoms with Crippen LogP contribution < -0.4 is 0 Å².